The van der Waals surface area contributed by atoms with Crippen LogP contribution in [-0.2, 0) is 26.0 Å². The Kier molecular flexibility index (Phi) is 11.6. The lowest BCUT2D eigenvalue weighted by Crippen LogP contribution is -2.60. The second kappa shape index (κ2) is 14.5. The largest absolute Gasteiger partial charge is 0.451 e. The summed E-state index contributed by atoms with van der Waals surface area (Å²) in [6.45, 7) is 10.9. The molecular weight excluding hydrogens is 572 g/mol. The molecule has 12 heteroatoms. The van der Waals surface area contributed by atoms with Crippen LogP contribution in [0.3, 0.4) is 0 Å². The highest BCUT2D eigenvalue weighted by atomic mass is 32.2. The minimum atomic E-state index is -4.11. The number of carbonyl (C=O) groups excluding carboxylic acids is 2. The first-order valence-electron chi connectivity index (χ1n) is 14.6. The van der Waals surface area contributed by atoms with Crippen LogP contribution in [0.15, 0.2) is 53.4 Å². The summed E-state index contributed by atoms with van der Waals surface area (Å²) in [4.78, 5) is 26.4. The van der Waals surface area contributed by atoms with Gasteiger partial charge in [-0.3, -0.25) is 15.0 Å². The molecule has 0 radical (unpaired) electrons. The fourth-order valence-corrected chi connectivity index (χ4v) is 6.47. The molecule has 238 valence electrons. The van der Waals surface area contributed by atoms with Gasteiger partial charge in [-0.2, -0.15) is 4.31 Å². The molecule has 0 aromatic heterocycles. The third kappa shape index (κ3) is 9.65. The molecule has 1 aliphatic heterocycles. The Bertz CT molecular complexity index is 1350. The predicted octanol–water partition coefficient (Wildman–Crippen LogP) is 2.94. The Morgan fingerprint density at radius 2 is 1.67 bits per heavy atom. The normalized spacial score (nSPS) is 16.3. The number of benzene rings is 2. The molecule has 11 nitrogen and oxygen atoms in total. The Hall–Kier alpha value is -3.19. The minimum absolute atomic E-state index is 0.000558. The number of nitrogens with one attached hydrogen (secondary N) is 2. The van der Waals surface area contributed by atoms with Crippen molar-refractivity contribution in [1.29, 1.82) is 0 Å². The number of carbonyl (C=O) groups is 2. The number of likely N-dealkylation sites (N-methyl/N-ethyl adjacent to an activating group) is 1. The first-order chi connectivity index (χ1) is 20.1. The van der Waals surface area contributed by atoms with Gasteiger partial charge in [0.2, 0.25) is 22.2 Å². The monoisotopic (exact) mass is 618 g/mol. The average Bonchev–Trinajstić information content (AvgIpc) is 3.29. The van der Waals surface area contributed by atoms with Crippen molar-refractivity contribution in [1.82, 2.24) is 20.1 Å². The fourth-order valence-electron chi connectivity index (χ4n) is 4.84. The summed E-state index contributed by atoms with van der Waals surface area (Å²) in [6, 6.07) is 12.7. The molecule has 3 rings (SSSR count). The highest BCUT2D eigenvalue weighted by Gasteiger charge is 2.37. The van der Waals surface area contributed by atoms with E-state index in [9.17, 15) is 23.1 Å². The molecule has 0 saturated heterocycles. The molecule has 2 amide bonds. The maximum Gasteiger partial charge on any atom is 0.252 e. The zero-order valence-corrected chi connectivity index (χ0v) is 27.0. The van der Waals surface area contributed by atoms with Crippen molar-refractivity contribution in [3.05, 3.63) is 54.1 Å². The van der Waals surface area contributed by atoms with Crippen LogP contribution < -0.4 is 20.2 Å². The maximum atomic E-state index is 14.0. The van der Waals surface area contributed by atoms with E-state index in [0.29, 0.717) is 11.5 Å². The molecule has 0 aliphatic carbocycles. The molecule has 1 aliphatic rings. The maximum absolute atomic E-state index is 14.0. The minimum Gasteiger partial charge on any atom is -0.451 e. The van der Waals surface area contributed by atoms with Crippen LogP contribution in [0.1, 0.15) is 53.5 Å². The van der Waals surface area contributed by atoms with Gasteiger partial charge in [0, 0.05) is 32.5 Å². The number of sulfonamides is 1. The van der Waals surface area contributed by atoms with Gasteiger partial charge in [0.25, 0.3) is 5.91 Å². The number of hydrogen-bond acceptors (Lipinski definition) is 8. The van der Waals surface area contributed by atoms with Gasteiger partial charge in [-0.15, -0.1) is 0 Å². The second-order valence-corrected chi connectivity index (χ2v) is 14.5. The molecule has 1 heterocycles. The second-order valence-electron chi connectivity index (χ2n) is 12.5. The van der Waals surface area contributed by atoms with Crippen LogP contribution in [0.2, 0.25) is 0 Å². The van der Waals surface area contributed by atoms with Gasteiger partial charge < -0.3 is 19.9 Å². The third-order valence-corrected chi connectivity index (χ3v) is 8.52. The van der Waals surface area contributed by atoms with E-state index < -0.39 is 39.8 Å². The topological polar surface area (TPSA) is 138 Å². The van der Waals surface area contributed by atoms with Gasteiger partial charge in [-0.25, -0.2) is 13.4 Å². The van der Waals surface area contributed by atoms with Gasteiger partial charge in [0.15, 0.2) is 11.5 Å². The van der Waals surface area contributed by atoms with Crippen molar-refractivity contribution < 1.29 is 32.6 Å². The van der Waals surface area contributed by atoms with Gasteiger partial charge in [0.05, 0.1) is 23.6 Å². The van der Waals surface area contributed by atoms with E-state index in [1.54, 1.807) is 20.0 Å². The van der Waals surface area contributed by atoms with E-state index in [1.165, 1.54) is 21.4 Å². The number of aliphatic hydroxyl groups is 1. The number of amides is 2. The van der Waals surface area contributed by atoms with Crippen LogP contribution in [0.25, 0.3) is 0 Å². The first-order valence-corrected chi connectivity index (χ1v) is 16.0. The summed E-state index contributed by atoms with van der Waals surface area (Å²) in [5.74, 6) is -0.143. The van der Waals surface area contributed by atoms with E-state index in [2.05, 4.69) is 10.7 Å². The first kappa shape index (κ1) is 34.3. The van der Waals surface area contributed by atoms with E-state index in [0.717, 1.165) is 5.56 Å². The smallest absolute Gasteiger partial charge is 0.252 e. The molecule has 2 aromatic carbocycles. The number of ether oxygens (including phenoxy) is 2. The quantitative estimate of drug-likeness (QED) is 0.292. The fraction of sp³-hybridized carbons (Fsp3) is 0.548. The molecule has 0 saturated carbocycles. The molecule has 1 unspecified atom stereocenters. The van der Waals surface area contributed by atoms with Gasteiger partial charge in [0.1, 0.15) is 0 Å². The van der Waals surface area contributed by atoms with Crippen molar-refractivity contribution in [2.24, 2.45) is 11.3 Å². The van der Waals surface area contributed by atoms with E-state index in [-0.39, 0.29) is 49.2 Å². The van der Waals surface area contributed by atoms with Crippen LogP contribution in [0.4, 0.5) is 0 Å². The van der Waals surface area contributed by atoms with Crippen LogP contribution in [0, 0.1) is 11.3 Å². The summed E-state index contributed by atoms with van der Waals surface area (Å²) in [5, 5.41) is 15.8. The summed E-state index contributed by atoms with van der Waals surface area (Å²) < 4.78 is 40.3. The number of hydrazine groups is 1. The predicted molar refractivity (Wildman–Crippen MR) is 164 cm³/mol. The number of nitrogens with zero attached hydrogens (tertiary/aromatic N) is 2. The molecular formula is C31H46N4O7S. The summed E-state index contributed by atoms with van der Waals surface area (Å²) in [7, 11) is -2.49. The Labute approximate surface area is 255 Å². The van der Waals surface area contributed by atoms with Crippen molar-refractivity contribution in [3.8, 4) is 11.5 Å². The van der Waals surface area contributed by atoms with Gasteiger partial charge in [-0.1, -0.05) is 65.0 Å². The van der Waals surface area contributed by atoms with Gasteiger partial charge >= 0.3 is 0 Å². The van der Waals surface area contributed by atoms with Crippen LogP contribution in [0.5, 0.6) is 11.5 Å². The summed E-state index contributed by atoms with van der Waals surface area (Å²) >= 11 is 0. The van der Waals surface area contributed by atoms with E-state index in [4.69, 9.17) is 9.47 Å². The highest BCUT2D eigenvalue weighted by molar-refractivity contribution is 7.89. The van der Waals surface area contributed by atoms with Crippen LogP contribution >= 0.6 is 0 Å². The number of aliphatic hydroxyl groups excluding tert-OH is 1. The third-order valence-electron chi connectivity index (χ3n) is 6.69. The van der Waals surface area contributed by atoms with Crippen LogP contribution in [-0.4, -0.2) is 79.8 Å². The van der Waals surface area contributed by atoms with Crippen molar-refractivity contribution in [3.63, 3.8) is 0 Å². The molecule has 0 bridgehead atoms. The van der Waals surface area contributed by atoms with E-state index in [1.807, 2.05) is 65.0 Å². The molecule has 3 atom stereocenters. The number of hydrogen-bond donors (Lipinski definition) is 3. The van der Waals surface area contributed by atoms with Crippen molar-refractivity contribution in [2.75, 3.05) is 26.7 Å². The zero-order valence-electron chi connectivity index (χ0n) is 26.2. The Morgan fingerprint density at radius 1 is 1.02 bits per heavy atom. The number of fused-ring (bicyclic) bond motifs is 1. The lowest BCUT2D eigenvalue weighted by Gasteiger charge is -2.38. The van der Waals surface area contributed by atoms with Crippen molar-refractivity contribution in [2.45, 2.75) is 77.7 Å². The Balaban J connectivity index is 2.01. The lowest BCUT2D eigenvalue weighted by atomic mass is 9.91. The molecule has 0 fully saturated rings. The highest BCUT2D eigenvalue weighted by Crippen LogP contribution is 2.37. The van der Waals surface area contributed by atoms with Crippen molar-refractivity contribution >= 4 is 21.8 Å². The Morgan fingerprint density at radius 3 is 2.28 bits per heavy atom. The number of rotatable bonds is 13. The summed E-state index contributed by atoms with van der Waals surface area (Å²) in [5.41, 5.74) is 3.09. The lowest BCUT2D eigenvalue weighted by molar-refractivity contribution is -0.149. The molecule has 0 spiro atoms. The molecule has 43 heavy (non-hydrogen) atoms. The SMILES string of the molecule is CNCC(=O)NN(C(=O)CC(C)(C)C)[C@@H](Cc1ccccc1)[C@H](O)CN(CC(C)C)S(=O)(=O)c1ccc2c(c1)OC(C)O2. The molecule has 3 N–H and O–H groups in total. The summed E-state index contributed by atoms with van der Waals surface area (Å²) in [6.07, 6.45) is -1.62. The van der Waals surface area contributed by atoms with Gasteiger partial charge in [-0.05, 0) is 42.5 Å². The standard InChI is InChI=1S/C31H46N4O7S/c1-21(2)19-34(43(39,40)24-13-14-27-28(16-24)42-22(3)41-27)20-26(36)25(15-23-11-9-8-10-12-23)35(33-29(37)18-32-7)30(38)17-31(4,5)6/h8-14,16,21-22,25-26,32,36H,15,17-20H2,1-7H3,(H,33,37)/t22?,25-,26+/m0/s1. The van der Waals surface area contributed by atoms with E-state index >= 15 is 0 Å². The molecule has 2 aromatic rings. The zero-order chi connectivity index (χ0) is 31.9. The average molecular weight is 619 g/mol.